The third-order valence-electron chi connectivity index (χ3n) is 2.24. The predicted molar refractivity (Wildman–Crippen MR) is 70.5 cm³/mol. The fourth-order valence-corrected chi connectivity index (χ4v) is 1.28. The van der Waals surface area contributed by atoms with Gasteiger partial charge >= 0.3 is 5.97 Å². The van der Waals surface area contributed by atoms with Gasteiger partial charge in [-0.3, -0.25) is 0 Å². The first-order chi connectivity index (χ1) is 9.06. The highest BCUT2D eigenvalue weighted by Crippen LogP contribution is 2.10. The molecule has 0 aliphatic heterocycles. The summed E-state index contributed by atoms with van der Waals surface area (Å²) in [7, 11) is 0. The van der Waals surface area contributed by atoms with E-state index in [4.69, 9.17) is 15.3 Å². The molecule has 1 aromatic carbocycles. The average molecular weight is 254 g/mol. The van der Waals surface area contributed by atoms with Crippen molar-refractivity contribution in [2.75, 3.05) is 6.61 Å². The molecule has 19 heavy (non-hydrogen) atoms. The summed E-state index contributed by atoms with van der Waals surface area (Å²) in [5.74, 6) is -0.403. The van der Waals surface area contributed by atoms with Crippen molar-refractivity contribution in [1.29, 1.82) is 10.5 Å². The summed E-state index contributed by atoms with van der Waals surface area (Å²) in [5.41, 5.74) is 1.15. The van der Waals surface area contributed by atoms with Crippen molar-refractivity contribution in [3.05, 3.63) is 41.0 Å². The van der Waals surface area contributed by atoms with Gasteiger partial charge < -0.3 is 4.74 Å². The van der Waals surface area contributed by atoms with Crippen LogP contribution in [0.5, 0.6) is 0 Å². The molecule has 0 fully saturated rings. The highest BCUT2D eigenvalue weighted by Gasteiger charge is 2.11. The molecule has 0 saturated carbocycles. The Morgan fingerprint density at radius 3 is 2.42 bits per heavy atom. The lowest BCUT2D eigenvalue weighted by atomic mass is 10.1. The highest BCUT2D eigenvalue weighted by molar-refractivity contribution is 5.97. The molecule has 0 saturated heterocycles. The number of carbonyl (C=O) groups is 1. The summed E-state index contributed by atoms with van der Waals surface area (Å²) >= 11 is 0. The van der Waals surface area contributed by atoms with Crippen LogP contribution in [0.15, 0.2) is 29.8 Å². The van der Waals surface area contributed by atoms with Gasteiger partial charge in [-0.05, 0) is 29.7 Å². The van der Waals surface area contributed by atoms with Crippen molar-refractivity contribution >= 4 is 12.0 Å². The first kappa shape index (κ1) is 14.5. The van der Waals surface area contributed by atoms with Gasteiger partial charge in [-0.1, -0.05) is 26.0 Å². The maximum absolute atomic E-state index is 11.6. The first-order valence-electron chi connectivity index (χ1n) is 5.86. The van der Waals surface area contributed by atoms with Crippen LogP contribution < -0.4 is 0 Å². The van der Waals surface area contributed by atoms with Crippen molar-refractivity contribution in [1.82, 2.24) is 0 Å². The smallest absolute Gasteiger partial charge is 0.348 e. The number of esters is 1. The molecule has 4 nitrogen and oxygen atoms in total. The van der Waals surface area contributed by atoms with E-state index in [1.54, 1.807) is 24.3 Å². The fraction of sp³-hybridized carbons (Fsp3) is 0.267. The first-order valence-corrected chi connectivity index (χ1v) is 5.86. The molecule has 0 unspecified atom stereocenters. The van der Waals surface area contributed by atoms with E-state index in [1.807, 2.05) is 26.0 Å². The van der Waals surface area contributed by atoms with E-state index >= 15 is 0 Å². The lowest BCUT2D eigenvalue weighted by Crippen LogP contribution is -2.11. The van der Waals surface area contributed by atoms with E-state index in [1.165, 1.54) is 6.08 Å². The van der Waals surface area contributed by atoms with E-state index in [-0.39, 0.29) is 18.1 Å². The van der Waals surface area contributed by atoms with Crippen LogP contribution in [0.2, 0.25) is 0 Å². The molecule has 0 spiro atoms. The second-order valence-electron chi connectivity index (χ2n) is 4.40. The van der Waals surface area contributed by atoms with Crippen molar-refractivity contribution in [2.24, 2.45) is 5.92 Å². The maximum Gasteiger partial charge on any atom is 0.348 e. The number of nitriles is 2. The minimum atomic E-state index is -0.624. The summed E-state index contributed by atoms with van der Waals surface area (Å²) in [6.45, 7) is 4.12. The molecule has 0 aliphatic rings. The summed E-state index contributed by atoms with van der Waals surface area (Å²) in [6.07, 6.45) is 1.45. The topological polar surface area (TPSA) is 73.9 Å². The van der Waals surface area contributed by atoms with Crippen LogP contribution in [0.1, 0.15) is 25.0 Å². The Bertz CT molecular complexity index is 557. The lowest BCUT2D eigenvalue weighted by molar-refractivity contribution is -0.139. The summed E-state index contributed by atoms with van der Waals surface area (Å²) in [4.78, 5) is 11.6. The van der Waals surface area contributed by atoms with Crippen LogP contribution in [0, 0.1) is 28.6 Å². The number of nitrogens with zero attached hydrogens (tertiary/aromatic N) is 2. The highest BCUT2D eigenvalue weighted by atomic mass is 16.5. The van der Waals surface area contributed by atoms with E-state index in [0.717, 1.165) is 0 Å². The van der Waals surface area contributed by atoms with Gasteiger partial charge in [-0.2, -0.15) is 10.5 Å². The Labute approximate surface area is 112 Å². The molecule has 0 amide bonds. The zero-order valence-electron chi connectivity index (χ0n) is 10.9. The van der Waals surface area contributed by atoms with Gasteiger partial charge in [0.25, 0.3) is 0 Å². The second-order valence-corrected chi connectivity index (χ2v) is 4.40. The number of rotatable bonds is 4. The molecule has 96 valence electrons. The molecule has 0 radical (unpaired) electrons. The maximum atomic E-state index is 11.6. The van der Waals surface area contributed by atoms with Crippen LogP contribution in [-0.2, 0) is 9.53 Å². The summed E-state index contributed by atoms with van der Waals surface area (Å²) in [6, 6.07) is 10.4. The zero-order valence-corrected chi connectivity index (χ0v) is 10.9. The molecule has 0 aliphatic carbocycles. The normalized spacial score (nSPS) is 10.7. The van der Waals surface area contributed by atoms with Crippen molar-refractivity contribution in [3.8, 4) is 12.1 Å². The molecule has 0 aromatic heterocycles. The summed E-state index contributed by atoms with van der Waals surface area (Å²) in [5, 5.41) is 17.6. The van der Waals surface area contributed by atoms with E-state index in [0.29, 0.717) is 11.1 Å². The molecule has 1 aromatic rings. The van der Waals surface area contributed by atoms with Gasteiger partial charge in [-0.25, -0.2) is 4.79 Å². The van der Waals surface area contributed by atoms with Gasteiger partial charge in [0.2, 0.25) is 0 Å². The molecular formula is C15H14N2O2. The number of hydrogen-bond acceptors (Lipinski definition) is 4. The number of carbonyl (C=O) groups excluding carboxylic acids is 1. The van der Waals surface area contributed by atoms with Crippen molar-refractivity contribution in [2.45, 2.75) is 13.8 Å². The van der Waals surface area contributed by atoms with E-state index in [9.17, 15) is 4.79 Å². The minimum Gasteiger partial charge on any atom is -0.461 e. The molecule has 0 N–H and O–H groups in total. The molecular weight excluding hydrogens is 240 g/mol. The largest absolute Gasteiger partial charge is 0.461 e. The third-order valence-corrected chi connectivity index (χ3v) is 2.24. The fourth-order valence-electron chi connectivity index (χ4n) is 1.28. The molecule has 4 heteroatoms. The zero-order chi connectivity index (χ0) is 14.3. The number of hydrogen-bond donors (Lipinski definition) is 0. The lowest BCUT2D eigenvalue weighted by Gasteiger charge is -2.06. The monoisotopic (exact) mass is 254 g/mol. The number of benzene rings is 1. The Kier molecular flexibility index (Phi) is 5.32. The van der Waals surface area contributed by atoms with Gasteiger partial charge in [0.05, 0.1) is 18.2 Å². The van der Waals surface area contributed by atoms with Crippen LogP contribution in [0.3, 0.4) is 0 Å². The van der Waals surface area contributed by atoms with Crippen molar-refractivity contribution < 1.29 is 9.53 Å². The SMILES string of the molecule is CC(C)COC(=O)C(C#N)=Cc1ccc(C#N)cc1. The Hall–Kier alpha value is -2.59. The number of ether oxygens (including phenoxy) is 1. The third kappa shape index (κ3) is 4.65. The average Bonchev–Trinajstić information content (AvgIpc) is 2.42. The van der Waals surface area contributed by atoms with Crippen molar-refractivity contribution in [3.63, 3.8) is 0 Å². The van der Waals surface area contributed by atoms with Gasteiger partial charge in [0, 0.05) is 0 Å². The molecule has 0 atom stereocenters. The van der Waals surface area contributed by atoms with E-state index < -0.39 is 5.97 Å². The Balaban J connectivity index is 2.84. The Morgan fingerprint density at radius 1 is 1.32 bits per heavy atom. The molecule has 1 rings (SSSR count). The van der Waals surface area contributed by atoms with Gasteiger partial charge in [0.15, 0.2) is 0 Å². The standard InChI is InChI=1S/C15H14N2O2/c1-11(2)10-19-15(18)14(9-17)7-12-3-5-13(8-16)6-4-12/h3-7,11H,10H2,1-2H3. The Morgan fingerprint density at radius 2 is 1.95 bits per heavy atom. The van der Waals surface area contributed by atoms with Crippen LogP contribution in [0.4, 0.5) is 0 Å². The quantitative estimate of drug-likeness (QED) is 0.470. The second kappa shape index (κ2) is 6.98. The molecule has 0 heterocycles. The molecule has 0 bridgehead atoms. The van der Waals surface area contributed by atoms with E-state index in [2.05, 4.69) is 0 Å². The van der Waals surface area contributed by atoms with Crippen LogP contribution in [-0.4, -0.2) is 12.6 Å². The van der Waals surface area contributed by atoms with Crippen LogP contribution in [0.25, 0.3) is 6.08 Å². The summed E-state index contributed by atoms with van der Waals surface area (Å²) < 4.78 is 4.99. The van der Waals surface area contributed by atoms with Crippen LogP contribution >= 0.6 is 0 Å². The predicted octanol–water partition coefficient (Wildman–Crippen LogP) is 2.66. The van der Waals surface area contributed by atoms with Gasteiger partial charge in [0.1, 0.15) is 11.6 Å². The minimum absolute atomic E-state index is 0.0506. The van der Waals surface area contributed by atoms with Gasteiger partial charge in [-0.15, -0.1) is 0 Å².